The number of anilines is 1. The van der Waals surface area contributed by atoms with Crippen molar-refractivity contribution in [3.05, 3.63) is 29.8 Å². The summed E-state index contributed by atoms with van der Waals surface area (Å²) in [5.41, 5.74) is 1.03. The molecule has 8 heteroatoms. The van der Waals surface area contributed by atoms with Crippen LogP contribution in [0, 0.1) is 5.92 Å². The molecule has 2 N–H and O–H groups in total. The standard InChI is InChI=1S/C16H23N3O4S/c1-3-24(22,23)19-9-7-12(8-10-19)16(21)18-14-6-4-5-13(11-14)15(20)17-2/h4-6,11-12H,3,7-10H2,1-2H3,(H,17,20)(H,18,21). The van der Waals surface area contributed by atoms with Gasteiger partial charge in [0, 0.05) is 37.3 Å². The Morgan fingerprint density at radius 3 is 2.50 bits per heavy atom. The summed E-state index contributed by atoms with van der Waals surface area (Å²) >= 11 is 0. The Morgan fingerprint density at radius 2 is 1.92 bits per heavy atom. The SMILES string of the molecule is CCS(=O)(=O)N1CCC(C(=O)Nc2cccc(C(=O)NC)c2)CC1. The summed E-state index contributed by atoms with van der Waals surface area (Å²) < 4.78 is 25.1. The number of benzene rings is 1. The molecule has 0 saturated carbocycles. The number of carbonyl (C=O) groups excluding carboxylic acids is 2. The minimum absolute atomic E-state index is 0.0795. The Balaban J connectivity index is 1.96. The van der Waals surface area contributed by atoms with Gasteiger partial charge in [0.05, 0.1) is 5.75 Å². The van der Waals surface area contributed by atoms with Crippen LogP contribution in [-0.2, 0) is 14.8 Å². The lowest BCUT2D eigenvalue weighted by molar-refractivity contribution is -0.120. The molecule has 1 aromatic carbocycles. The highest BCUT2D eigenvalue weighted by atomic mass is 32.2. The van der Waals surface area contributed by atoms with Gasteiger partial charge in [-0.2, -0.15) is 0 Å². The van der Waals surface area contributed by atoms with Crippen molar-refractivity contribution in [2.24, 2.45) is 5.92 Å². The minimum atomic E-state index is -3.19. The maximum Gasteiger partial charge on any atom is 0.251 e. The van der Waals surface area contributed by atoms with E-state index in [2.05, 4.69) is 10.6 Å². The predicted octanol–water partition coefficient (Wildman–Crippen LogP) is 1.05. The zero-order chi connectivity index (χ0) is 17.7. The summed E-state index contributed by atoms with van der Waals surface area (Å²) in [7, 11) is -1.64. The third-order valence-electron chi connectivity index (χ3n) is 4.20. The van der Waals surface area contributed by atoms with Gasteiger partial charge in [0.25, 0.3) is 5.91 Å². The summed E-state index contributed by atoms with van der Waals surface area (Å²) in [5, 5.41) is 5.35. The van der Waals surface area contributed by atoms with Crippen molar-refractivity contribution in [3.63, 3.8) is 0 Å². The molecule has 1 fully saturated rings. The third-order valence-corrected chi connectivity index (χ3v) is 6.08. The lowest BCUT2D eigenvalue weighted by Gasteiger charge is -2.30. The molecule has 24 heavy (non-hydrogen) atoms. The first kappa shape index (κ1) is 18.4. The first-order valence-electron chi connectivity index (χ1n) is 7.98. The lowest BCUT2D eigenvalue weighted by Crippen LogP contribution is -2.42. The van der Waals surface area contributed by atoms with E-state index in [-0.39, 0.29) is 23.5 Å². The van der Waals surface area contributed by atoms with Crippen molar-refractivity contribution in [2.45, 2.75) is 19.8 Å². The average molecular weight is 353 g/mol. The molecule has 1 heterocycles. The van der Waals surface area contributed by atoms with Gasteiger partial charge in [-0.15, -0.1) is 0 Å². The van der Waals surface area contributed by atoms with Crippen LogP contribution >= 0.6 is 0 Å². The molecule has 1 saturated heterocycles. The first-order chi connectivity index (χ1) is 11.4. The summed E-state index contributed by atoms with van der Waals surface area (Å²) in [4.78, 5) is 24.0. The van der Waals surface area contributed by atoms with Gasteiger partial charge >= 0.3 is 0 Å². The van der Waals surface area contributed by atoms with Gasteiger partial charge in [-0.3, -0.25) is 9.59 Å². The van der Waals surface area contributed by atoms with E-state index < -0.39 is 10.0 Å². The fourth-order valence-electron chi connectivity index (χ4n) is 2.71. The largest absolute Gasteiger partial charge is 0.355 e. The van der Waals surface area contributed by atoms with Crippen molar-refractivity contribution >= 4 is 27.5 Å². The number of piperidine rings is 1. The highest BCUT2D eigenvalue weighted by molar-refractivity contribution is 7.89. The van der Waals surface area contributed by atoms with Crippen molar-refractivity contribution in [3.8, 4) is 0 Å². The second kappa shape index (κ2) is 7.76. The van der Waals surface area contributed by atoms with E-state index in [0.717, 1.165) is 0 Å². The Bertz CT molecular complexity index is 710. The Labute approximate surface area is 142 Å². The number of hydrogen-bond donors (Lipinski definition) is 2. The van der Waals surface area contributed by atoms with Crippen LogP contribution in [0.5, 0.6) is 0 Å². The molecule has 132 valence electrons. The van der Waals surface area contributed by atoms with Gasteiger partial charge < -0.3 is 10.6 Å². The van der Waals surface area contributed by atoms with E-state index in [4.69, 9.17) is 0 Å². The first-order valence-corrected chi connectivity index (χ1v) is 9.59. The number of rotatable bonds is 5. The summed E-state index contributed by atoms with van der Waals surface area (Å²) in [6.07, 6.45) is 1.00. The predicted molar refractivity (Wildman–Crippen MR) is 92.2 cm³/mol. The molecule has 1 aliphatic heterocycles. The van der Waals surface area contributed by atoms with Gasteiger partial charge in [0.1, 0.15) is 0 Å². The normalized spacial score (nSPS) is 16.6. The fourth-order valence-corrected chi connectivity index (χ4v) is 3.84. The summed E-state index contributed by atoms with van der Waals surface area (Å²) in [6.45, 7) is 2.35. The summed E-state index contributed by atoms with van der Waals surface area (Å²) in [5.74, 6) is -0.505. The quantitative estimate of drug-likeness (QED) is 0.827. The van der Waals surface area contributed by atoms with Crippen LogP contribution in [0.2, 0.25) is 0 Å². The molecule has 0 bridgehead atoms. The van der Waals surface area contributed by atoms with E-state index in [0.29, 0.717) is 37.2 Å². The minimum Gasteiger partial charge on any atom is -0.355 e. The second-order valence-electron chi connectivity index (χ2n) is 5.72. The molecular weight excluding hydrogens is 330 g/mol. The molecule has 2 rings (SSSR count). The van der Waals surface area contributed by atoms with E-state index in [1.807, 2.05) is 0 Å². The third kappa shape index (κ3) is 4.33. The van der Waals surface area contributed by atoms with Crippen molar-refractivity contribution in [1.29, 1.82) is 0 Å². The fraction of sp³-hybridized carbons (Fsp3) is 0.500. The molecular formula is C16H23N3O4S. The van der Waals surface area contributed by atoms with Crippen molar-refractivity contribution in [1.82, 2.24) is 9.62 Å². The van der Waals surface area contributed by atoms with E-state index in [1.54, 1.807) is 38.2 Å². The Kier molecular flexibility index (Phi) is 5.95. The molecule has 0 aliphatic carbocycles. The van der Waals surface area contributed by atoms with Crippen LogP contribution in [0.3, 0.4) is 0 Å². The van der Waals surface area contributed by atoms with Crippen molar-refractivity contribution < 1.29 is 18.0 Å². The second-order valence-corrected chi connectivity index (χ2v) is 7.98. The number of hydrogen-bond acceptors (Lipinski definition) is 4. The summed E-state index contributed by atoms with van der Waals surface area (Å²) in [6, 6.07) is 6.72. The Morgan fingerprint density at radius 1 is 1.25 bits per heavy atom. The number of nitrogens with zero attached hydrogens (tertiary/aromatic N) is 1. The van der Waals surface area contributed by atoms with Crippen LogP contribution < -0.4 is 10.6 Å². The van der Waals surface area contributed by atoms with Gasteiger partial charge in [0.15, 0.2) is 0 Å². The lowest BCUT2D eigenvalue weighted by atomic mass is 9.97. The number of sulfonamides is 1. The smallest absolute Gasteiger partial charge is 0.251 e. The maximum absolute atomic E-state index is 12.4. The van der Waals surface area contributed by atoms with Crippen LogP contribution in [0.15, 0.2) is 24.3 Å². The van der Waals surface area contributed by atoms with E-state index >= 15 is 0 Å². The Hall–Kier alpha value is -1.93. The molecule has 7 nitrogen and oxygen atoms in total. The van der Waals surface area contributed by atoms with Gasteiger partial charge in [-0.25, -0.2) is 12.7 Å². The molecule has 1 aromatic rings. The average Bonchev–Trinajstić information content (AvgIpc) is 2.61. The van der Waals surface area contributed by atoms with Gasteiger partial charge in [-0.05, 0) is 38.0 Å². The molecule has 1 aliphatic rings. The van der Waals surface area contributed by atoms with Crippen LogP contribution in [0.4, 0.5) is 5.69 Å². The van der Waals surface area contributed by atoms with Gasteiger partial charge in [0.2, 0.25) is 15.9 Å². The zero-order valence-electron chi connectivity index (χ0n) is 13.9. The monoisotopic (exact) mass is 353 g/mol. The molecule has 0 atom stereocenters. The molecule has 2 amide bonds. The highest BCUT2D eigenvalue weighted by Gasteiger charge is 2.30. The van der Waals surface area contributed by atoms with E-state index in [1.165, 1.54) is 4.31 Å². The van der Waals surface area contributed by atoms with Crippen molar-refractivity contribution in [2.75, 3.05) is 31.2 Å². The number of amides is 2. The topological polar surface area (TPSA) is 95.6 Å². The van der Waals surface area contributed by atoms with Crippen LogP contribution in [-0.4, -0.2) is 50.4 Å². The maximum atomic E-state index is 12.4. The molecule has 0 aromatic heterocycles. The molecule has 0 unspecified atom stereocenters. The zero-order valence-corrected chi connectivity index (χ0v) is 14.7. The van der Waals surface area contributed by atoms with Crippen LogP contribution in [0.1, 0.15) is 30.1 Å². The van der Waals surface area contributed by atoms with Gasteiger partial charge in [-0.1, -0.05) is 6.07 Å². The molecule has 0 radical (unpaired) electrons. The van der Waals surface area contributed by atoms with E-state index in [9.17, 15) is 18.0 Å². The number of carbonyl (C=O) groups is 2. The number of nitrogens with one attached hydrogen (secondary N) is 2. The van der Waals surface area contributed by atoms with Crippen LogP contribution in [0.25, 0.3) is 0 Å². The molecule has 0 spiro atoms. The highest BCUT2D eigenvalue weighted by Crippen LogP contribution is 2.22.